The van der Waals surface area contributed by atoms with Crippen molar-refractivity contribution in [2.45, 2.75) is 26.3 Å². The highest BCUT2D eigenvalue weighted by atomic mass is 16.2. The molecule has 0 unspecified atom stereocenters. The van der Waals surface area contributed by atoms with E-state index in [1.54, 1.807) is 0 Å². The van der Waals surface area contributed by atoms with Gasteiger partial charge in [-0.3, -0.25) is 10.2 Å². The fraction of sp³-hybridized carbons (Fsp3) is 0.308. The van der Waals surface area contributed by atoms with Gasteiger partial charge in [-0.1, -0.05) is 12.1 Å². The summed E-state index contributed by atoms with van der Waals surface area (Å²) in [7, 11) is 0. The molecular weight excluding hydrogens is 214 g/mol. The largest absolute Gasteiger partial charge is 0.347 e. The highest BCUT2D eigenvalue weighted by Gasteiger charge is 2.03. The van der Waals surface area contributed by atoms with Gasteiger partial charge in [0.1, 0.15) is 0 Å². The summed E-state index contributed by atoms with van der Waals surface area (Å²) >= 11 is 0. The quantitative estimate of drug-likeness (QED) is 0.478. The molecule has 17 heavy (non-hydrogen) atoms. The van der Waals surface area contributed by atoms with Crippen molar-refractivity contribution in [2.24, 2.45) is 5.84 Å². The molecule has 4 nitrogen and oxygen atoms in total. The second-order valence-corrected chi connectivity index (χ2v) is 4.19. The van der Waals surface area contributed by atoms with Gasteiger partial charge in [-0.05, 0) is 31.0 Å². The van der Waals surface area contributed by atoms with Crippen LogP contribution in [0.15, 0.2) is 30.5 Å². The van der Waals surface area contributed by atoms with Gasteiger partial charge in [0.2, 0.25) is 5.91 Å². The van der Waals surface area contributed by atoms with E-state index in [1.807, 2.05) is 0 Å². The van der Waals surface area contributed by atoms with E-state index < -0.39 is 0 Å². The summed E-state index contributed by atoms with van der Waals surface area (Å²) in [5.41, 5.74) is 4.64. The van der Waals surface area contributed by atoms with Gasteiger partial charge in [0.25, 0.3) is 0 Å². The third-order valence-electron chi connectivity index (χ3n) is 3.00. The molecule has 1 aromatic heterocycles. The molecule has 1 heterocycles. The topological polar surface area (TPSA) is 60.0 Å². The smallest absolute Gasteiger partial charge is 0.233 e. The molecule has 0 saturated heterocycles. The van der Waals surface area contributed by atoms with Gasteiger partial charge in [-0.25, -0.2) is 5.84 Å². The molecule has 2 aromatic rings. The Morgan fingerprint density at radius 1 is 1.41 bits per heavy atom. The zero-order valence-electron chi connectivity index (χ0n) is 9.94. The fourth-order valence-electron chi connectivity index (χ4n) is 2.05. The Morgan fingerprint density at radius 2 is 2.24 bits per heavy atom. The lowest BCUT2D eigenvalue weighted by Gasteiger charge is -2.05. The molecule has 0 radical (unpaired) electrons. The number of nitrogens with zero attached hydrogens (tertiary/aromatic N) is 1. The summed E-state index contributed by atoms with van der Waals surface area (Å²) in [6.07, 6.45) is 3.32. The summed E-state index contributed by atoms with van der Waals surface area (Å²) in [4.78, 5) is 11.0. The lowest BCUT2D eigenvalue weighted by Crippen LogP contribution is -2.29. The first-order valence-corrected chi connectivity index (χ1v) is 5.76. The van der Waals surface area contributed by atoms with Gasteiger partial charge < -0.3 is 4.57 Å². The third-order valence-corrected chi connectivity index (χ3v) is 3.00. The number of aromatic nitrogens is 1. The Hall–Kier alpha value is -1.81. The predicted molar refractivity (Wildman–Crippen MR) is 68.2 cm³/mol. The average molecular weight is 231 g/mol. The van der Waals surface area contributed by atoms with Gasteiger partial charge in [-0.15, -0.1) is 0 Å². The second-order valence-electron chi connectivity index (χ2n) is 4.19. The molecule has 1 aromatic carbocycles. The number of nitrogens with two attached hydrogens (primary N) is 1. The van der Waals surface area contributed by atoms with Crippen molar-refractivity contribution in [1.82, 2.24) is 9.99 Å². The van der Waals surface area contributed by atoms with E-state index in [-0.39, 0.29) is 5.91 Å². The van der Waals surface area contributed by atoms with E-state index in [2.05, 4.69) is 47.4 Å². The van der Waals surface area contributed by atoms with E-state index in [4.69, 9.17) is 5.84 Å². The van der Waals surface area contributed by atoms with Gasteiger partial charge in [0.15, 0.2) is 0 Å². The minimum atomic E-state index is -0.113. The summed E-state index contributed by atoms with van der Waals surface area (Å²) in [6, 6.07) is 8.38. The lowest BCUT2D eigenvalue weighted by atomic mass is 10.1. The standard InChI is InChI=1S/C13H17N3O/c1-10-4-2-5-12-11(10)7-9-16(12)8-3-6-13(17)15-14/h2,4-5,7,9H,3,6,8,14H2,1H3,(H,15,17). The van der Waals surface area contributed by atoms with Crippen molar-refractivity contribution in [3.8, 4) is 0 Å². The second kappa shape index (κ2) is 5.01. The number of amides is 1. The Morgan fingerprint density at radius 3 is 3.00 bits per heavy atom. The predicted octanol–water partition coefficient (Wildman–Crippen LogP) is 1.72. The normalized spacial score (nSPS) is 10.7. The molecule has 0 saturated carbocycles. The van der Waals surface area contributed by atoms with Crippen molar-refractivity contribution >= 4 is 16.8 Å². The van der Waals surface area contributed by atoms with E-state index >= 15 is 0 Å². The number of hydrogen-bond acceptors (Lipinski definition) is 2. The molecule has 4 heteroatoms. The molecule has 1 amide bonds. The minimum Gasteiger partial charge on any atom is -0.347 e. The number of benzene rings is 1. The molecule has 0 fully saturated rings. The van der Waals surface area contributed by atoms with Crippen molar-refractivity contribution in [3.63, 3.8) is 0 Å². The number of hydrogen-bond donors (Lipinski definition) is 2. The molecule has 90 valence electrons. The minimum absolute atomic E-state index is 0.113. The van der Waals surface area contributed by atoms with Crippen LogP contribution >= 0.6 is 0 Å². The highest BCUT2D eigenvalue weighted by Crippen LogP contribution is 2.19. The maximum atomic E-state index is 11.0. The summed E-state index contributed by atoms with van der Waals surface area (Å²) < 4.78 is 2.17. The van der Waals surface area contributed by atoms with Crippen molar-refractivity contribution in [3.05, 3.63) is 36.0 Å². The lowest BCUT2D eigenvalue weighted by molar-refractivity contribution is -0.121. The van der Waals surface area contributed by atoms with E-state index in [0.29, 0.717) is 6.42 Å². The SMILES string of the molecule is Cc1cccc2c1ccn2CCCC(=O)NN. The Kier molecular flexibility index (Phi) is 3.44. The third kappa shape index (κ3) is 2.47. The van der Waals surface area contributed by atoms with Crippen molar-refractivity contribution in [1.29, 1.82) is 0 Å². The molecule has 0 spiro atoms. The maximum Gasteiger partial charge on any atom is 0.233 e. The number of fused-ring (bicyclic) bond motifs is 1. The fourth-order valence-corrected chi connectivity index (χ4v) is 2.05. The first-order chi connectivity index (χ1) is 8.22. The molecule has 0 bridgehead atoms. The Bertz CT molecular complexity index is 530. The van der Waals surface area contributed by atoms with Crippen LogP contribution in [0.2, 0.25) is 0 Å². The van der Waals surface area contributed by atoms with Gasteiger partial charge >= 0.3 is 0 Å². The molecule has 3 N–H and O–H groups in total. The summed E-state index contributed by atoms with van der Waals surface area (Å²) in [6.45, 7) is 2.94. The van der Waals surface area contributed by atoms with Crippen LogP contribution in [-0.4, -0.2) is 10.5 Å². The van der Waals surface area contributed by atoms with Crippen LogP contribution < -0.4 is 11.3 Å². The van der Waals surface area contributed by atoms with Crippen LogP contribution in [0.5, 0.6) is 0 Å². The van der Waals surface area contributed by atoms with E-state index in [0.717, 1.165) is 13.0 Å². The monoisotopic (exact) mass is 231 g/mol. The van der Waals surface area contributed by atoms with Crippen LogP contribution in [0.4, 0.5) is 0 Å². The zero-order valence-corrected chi connectivity index (χ0v) is 9.94. The number of carbonyl (C=O) groups is 1. The number of rotatable bonds is 4. The number of nitrogens with one attached hydrogen (secondary N) is 1. The molecule has 0 atom stereocenters. The van der Waals surface area contributed by atoms with Gasteiger partial charge in [0, 0.05) is 30.1 Å². The zero-order chi connectivity index (χ0) is 12.3. The molecule has 0 aliphatic carbocycles. The molecule has 0 aliphatic heterocycles. The molecule has 2 rings (SSSR count). The highest BCUT2D eigenvalue weighted by molar-refractivity contribution is 5.83. The number of aryl methyl sites for hydroxylation is 2. The first-order valence-electron chi connectivity index (χ1n) is 5.76. The van der Waals surface area contributed by atoms with E-state index in [9.17, 15) is 4.79 Å². The van der Waals surface area contributed by atoms with E-state index in [1.165, 1.54) is 16.5 Å². The van der Waals surface area contributed by atoms with Gasteiger partial charge in [-0.2, -0.15) is 0 Å². The molecule has 0 aliphatic rings. The Labute approximate surface area is 100 Å². The van der Waals surface area contributed by atoms with Crippen molar-refractivity contribution in [2.75, 3.05) is 0 Å². The molecular formula is C13H17N3O. The van der Waals surface area contributed by atoms with Crippen LogP contribution in [0.1, 0.15) is 18.4 Å². The van der Waals surface area contributed by atoms with Crippen LogP contribution in [-0.2, 0) is 11.3 Å². The van der Waals surface area contributed by atoms with Crippen LogP contribution in [0, 0.1) is 6.92 Å². The number of carbonyl (C=O) groups excluding carboxylic acids is 1. The average Bonchev–Trinajstić information content (AvgIpc) is 2.74. The van der Waals surface area contributed by atoms with Gasteiger partial charge in [0.05, 0.1) is 0 Å². The van der Waals surface area contributed by atoms with Crippen LogP contribution in [0.3, 0.4) is 0 Å². The first kappa shape index (κ1) is 11.7. The summed E-state index contributed by atoms with van der Waals surface area (Å²) in [5.74, 6) is 4.92. The summed E-state index contributed by atoms with van der Waals surface area (Å²) in [5, 5.41) is 1.27. The Balaban J connectivity index is 2.09. The van der Waals surface area contributed by atoms with Crippen molar-refractivity contribution < 1.29 is 4.79 Å². The van der Waals surface area contributed by atoms with Crippen LogP contribution in [0.25, 0.3) is 10.9 Å². The maximum absolute atomic E-state index is 11.0. The number of hydrazine groups is 1.